The first kappa shape index (κ1) is 20.2. The maximum Gasteiger partial charge on any atom is 0.241 e. The summed E-state index contributed by atoms with van der Waals surface area (Å²) in [5.41, 5.74) is 1.25. The van der Waals surface area contributed by atoms with E-state index in [1.165, 1.54) is 23.2 Å². The number of methoxy groups -OCH3 is 1. The Hall–Kier alpha value is -3.16. The number of amides is 1. The molecule has 1 aromatic heterocycles. The molecular weight excluding hydrogens is 349 g/mol. The molecule has 2 rings (SSSR count). The third-order valence-electron chi connectivity index (χ3n) is 3.74. The number of carbonyl (C=O) groups excluding carboxylic acids is 1. The van der Waals surface area contributed by atoms with Crippen molar-refractivity contribution in [3.8, 4) is 5.75 Å². The van der Waals surface area contributed by atoms with Gasteiger partial charge in [-0.2, -0.15) is 0 Å². The van der Waals surface area contributed by atoms with Crippen LogP contribution in [0.2, 0.25) is 0 Å². The molecule has 27 heavy (non-hydrogen) atoms. The summed E-state index contributed by atoms with van der Waals surface area (Å²) in [7, 11) is 4.96. The normalized spacial score (nSPS) is 11.0. The smallest absolute Gasteiger partial charge is 0.241 e. The number of likely N-dealkylation sites (N-methyl/N-ethyl adjacent to an activating group) is 1. The highest BCUT2D eigenvalue weighted by Crippen LogP contribution is 2.11. The standard InChI is InChI=1S/C19H24FN5O2/c1-25(2)18(26)13-24-19(23-12-17-16(20)5-4-10-21-17)22-11-14-6-8-15(27-3)9-7-14/h4-10H,11-13H2,1-3H3,(H2,22,23,24). The average Bonchev–Trinajstić information content (AvgIpc) is 2.68. The largest absolute Gasteiger partial charge is 0.497 e. The number of benzene rings is 1. The lowest BCUT2D eigenvalue weighted by Gasteiger charge is -2.15. The van der Waals surface area contributed by atoms with Crippen LogP contribution in [0.1, 0.15) is 11.3 Å². The van der Waals surface area contributed by atoms with E-state index in [0.29, 0.717) is 12.5 Å². The Morgan fingerprint density at radius 1 is 1.22 bits per heavy atom. The van der Waals surface area contributed by atoms with Crippen LogP contribution in [-0.4, -0.2) is 49.5 Å². The first-order valence-corrected chi connectivity index (χ1v) is 8.44. The quantitative estimate of drug-likeness (QED) is 0.569. The van der Waals surface area contributed by atoms with Gasteiger partial charge in [0.2, 0.25) is 5.91 Å². The lowest BCUT2D eigenvalue weighted by atomic mass is 10.2. The van der Waals surface area contributed by atoms with Crippen LogP contribution in [0.5, 0.6) is 5.75 Å². The summed E-state index contributed by atoms with van der Waals surface area (Å²) in [6.07, 6.45) is 1.53. The Balaban J connectivity index is 2.04. The molecule has 8 heteroatoms. The topological polar surface area (TPSA) is 78.8 Å². The first-order chi connectivity index (χ1) is 13.0. The summed E-state index contributed by atoms with van der Waals surface area (Å²) in [5.74, 6) is 0.661. The van der Waals surface area contributed by atoms with Crippen molar-refractivity contribution in [1.82, 2.24) is 20.5 Å². The molecule has 7 nitrogen and oxygen atoms in total. The van der Waals surface area contributed by atoms with E-state index in [2.05, 4.69) is 20.6 Å². The van der Waals surface area contributed by atoms with Crippen LogP contribution >= 0.6 is 0 Å². The van der Waals surface area contributed by atoms with Crippen molar-refractivity contribution in [2.24, 2.45) is 4.99 Å². The highest BCUT2D eigenvalue weighted by molar-refractivity contribution is 5.86. The van der Waals surface area contributed by atoms with E-state index in [1.807, 2.05) is 24.3 Å². The monoisotopic (exact) mass is 373 g/mol. The van der Waals surface area contributed by atoms with Crippen molar-refractivity contribution in [2.45, 2.75) is 13.1 Å². The molecule has 144 valence electrons. The van der Waals surface area contributed by atoms with E-state index in [0.717, 1.165) is 11.3 Å². The van der Waals surface area contributed by atoms with E-state index in [4.69, 9.17) is 4.74 Å². The third kappa shape index (κ3) is 6.58. The summed E-state index contributed by atoms with van der Waals surface area (Å²) >= 11 is 0. The molecule has 1 aromatic carbocycles. The maximum atomic E-state index is 13.7. The summed E-state index contributed by atoms with van der Waals surface area (Å²) in [6.45, 7) is 0.615. The Labute approximate surface area is 158 Å². The Morgan fingerprint density at radius 3 is 2.59 bits per heavy atom. The number of halogens is 1. The lowest BCUT2D eigenvalue weighted by molar-refractivity contribution is -0.127. The predicted molar refractivity (Wildman–Crippen MR) is 102 cm³/mol. The molecule has 1 heterocycles. The molecule has 0 saturated carbocycles. The van der Waals surface area contributed by atoms with Crippen LogP contribution in [0.3, 0.4) is 0 Å². The number of guanidine groups is 1. The second kappa shape index (κ2) is 10.1. The van der Waals surface area contributed by atoms with Crippen LogP contribution in [-0.2, 0) is 17.9 Å². The Bertz CT molecular complexity index is 778. The molecule has 0 spiro atoms. The molecule has 0 bridgehead atoms. The van der Waals surface area contributed by atoms with Gasteiger partial charge in [-0.15, -0.1) is 0 Å². The van der Waals surface area contributed by atoms with Gasteiger partial charge >= 0.3 is 0 Å². The van der Waals surface area contributed by atoms with Crippen molar-refractivity contribution < 1.29 is 13.9 Å². The van der Waals surface area contributed by atoms with Crippen LogP contribution in [0, 0.1) is 5.82 Å². The number of ether oxygens (including phenoxy) is 1. The van der Waals surface area contributed by atoms with Crippen LogP contribution in [0.25, 0.3) is 0 Å². The van der Waals surface area contributed by atoms with Gasteiger partial charge in [-0.1, -0.05) is 12.1 Å². The average molecular weight is 373 g/mol. The molecule has 0 unspecified atom stereocenters. The summed E-state index contributed by atoms with van der Waals surface area (Å²) in [5, 5.41) is 5.96. The fraction of sp³-hybridized carbons (Fsp3) is 0.316. The third-order valence-corrected chi connectivity index (χ3v) is 3.74. The van der Waals surface area contributed by atoms with Gasteiger partial charge < -0.3 is 20.3 Å². The van der Waals surface area contributed by atoms with Crippen LogP contribution < -0.4 is 15.4 Å². The van der Waals surface area contributed by atoms with Gasteiger partial charge in [0.05, 0.1) is 32.4 Å². The summed E-state index contributed by atoms with van der Waals surface area (Å²) in [4.78, 5) is 21.8. The molecule has 0 aliphatic rings. The van der Waals surface area contributed by atoms with Crippen LogP contribution in [0.15, 0.2) is 47.6 Å². The molecule has 0 saturated heterocycles. The molecular formula is C19H24FN5O2. The van der Waals surface area contributed by atoms with Crippen molar-refractivity contribution in [2.75, 3.05) is 27.7 Å². The minimum Gasteiger partial charge on any atom is -0.497 e. The lowest BCUT2D eigenvalue weighted by Crippen LogP contribution is -2.42. The van der Waals surface area contributed by atoms with Gasteiger partial charge in [0.15, 0.2) is 5.96 Å². The van der Waals surface area contributed by atoms with Crippen molar-refractivity contribution in [1.29, 1.82) is 0 Å². The minimum absolute atomic E-state index is 0.0755. The molecule has 2 N–H and O–H groups in total. The second-order valence-corrected chi connectivity index (χ2v) is 5.94. The summed E-state index contributed by atoms with van der Waals surface area (Å²) < 4.78 is 18.9. The number of carbonyl (C=O) groups is 1. The number of hydrogen-bond acceptors (Lipinski definition) is 4. The SMILES string of the molecule is COc1ccc(CN=C(NCC(=O)N(C)C)NCc2ncccc2F)cc1. The van der Waals surface area contributed by atoms with Gasteiger partial charge in [-0.3, -0.25) is 9.78 Å². The molecule has 0 radical (unpaired) electrons. The number of nitrogens with zero attached hydrogens (tertiary/aromatic N) is 3. The number of hydrogen-bond donors (Lipinski definition) is 2. The number of aliphatic imine (C=N–C) groups is 1. The molecule has 0 aliphatic heterocycles. The zero-order chi connectivity index (χ0) is 19.6. The van der Waals surface area contributed by atoms with E-state index in [9.17, 15) is 9.18 Å². The minimum atomic E-state index is -0.399. The number of rotatable bonds is 7. The molecule has 0 atom stereocenters. The van der Waals surface area contributed by atoms with Gasteiger partial charge in [-0.25, -0.2) is 9.38 Å². The zero-order valence-electron chi connectivity index (χ0n) is 15.7. The Kier molecular flexibility index (Phi) is 7.54. The van der Waals surface area contributed by atoms with Gasteiger partial charge in [-0.05, 0) is 29.8 Å². The van der Waals surface area contributed by atoms with Gasteiger partial charge in [0, 0.05) is 20.3 Å². The van der Waals surface area contributed by atoms with E-state index in [1.54, 1.807) is 21.2 Å². The van der Waals surface area contributed by atoms with E-state index >= 15 is 0 Å². The van der Waals surface area contributed by atoms with Gasteiger partial charge in [0.1, 0.15) is 11.6 Å². The van der Waals surface area contributed by atoms with Crippen molar-refractivity contribution in [3.63, 3.8) is 0 Å². The van der Waals surface area contributed by atoms with Crippen LogP contribution in [0.4, 0.5) is 4.39 Å². The zero-order valence-corrected chi connectivity index (χ0v) is 15.7. The fourth-order valence-corrected chi connectivity index (χ4v) is 2.11. The maximum absolute atomic E-state index is 13.7. The van der Waals surface area contributed by atoms with Crippen molar-refractivity contribution >= 4 is 11.9 Å². The van der Waals surface area contributed by atoms with E-state index in [-0.39, 0.29) is 24.7 Å². The first-order valence-electron chi connectivity index (χ1n) is 8.44. The Morgan fingerprint density at radius 2 is 1.96 bits per heavy atom. The summed E-state index contributed by atoms with van der Waals surface area (Å²) in [6, 6.07) is 10.4. The highest BCUT2D eigenvalue weighted by Gasteiger charge is 2.08. The van der Waals surface area contributed by atoms with E-state index < -0.39 is 5.82 Å². The highest BCUT2D eigenvalue weighted by atomic mass is 19.1. The molecule has 0 fully saturated rings. The second-order valence-electron chi connectivity index (χ2n) is 5.94. The molecule has 0 aliphatic carbocycles. The van der Waals surface area contributed by atoms with Crippen molar-refractivity contribution in [3.05, 3.63) is 59.7 Å². The number of nitrogens with one attached hydrogen (secondary N) is 2. The molecule has 2 aromatic rings. The predicted octanol–water partition coefficient (Wildman–Crippen LogP) is 1.55. The molecule has 1 amide bonds. The van der Waals surface area contributed by atoms with Gasteiger partial charge in [0.25, 0.3) is 0 Å². The fourth-order valence-electron chi connectivity index (χ4n) is 2.11. The number of pyridine rings is 1. The number of aromatic nitrogens is 1.